The van der Waals surface area contributed by atoms with Crippen LogP contribution < -0.4 is 0 Å². The van der Waals surface area contributed by atoms with E-state index in [0.717, 1.165) is 25.7 Å². The number of halogens is 1. The lowest BCUT2D eigenvalue weighted by Crippen LogP contribution is -2.38. The molecule has 0 aromatic carbocycles. The third kappa shape index (κ3) is 2.83. The maximum atomic E-state index is 12.7. The topological polar surface area (TPSA) is 50.5 Å². The van der Waals surface area contributed by atoms with Crippen LogP contribution in [0.4, 0.5) is 0 Å². The molecule has 1 aliphatic rings. The van der Waals surface area contributed by atoms with E-state index in [4.69, 9.17) is 16.0 Å². The maximum absolute atomic E-state index is 12.7. The summed E-state index contributed by atoms with van der Waals surface area (Å²) < 4.78 is 32.4. The molecule has 1 fully saturated rings. The quantitative estimate of drug-likeness (QED) is 0.784. The van der Waals surface area contributed by atoms with Gasteiger partial charge < -0.3 is 4.42 Å². The Balaban J connectivity index is 2.36. The Morgan fingerprint density at radius 1 is 1.42 bits per heavy atom. The minimum atomic E-state index is -3.47. The van der Waals surface area contributed by atoms with E-state index in [-0.39, 0.29) is 16.8 Å². The van der Waals surface area contributed by atoms with Crippen LogP contribution in [-0.2, 0) is 15.9 Å². The average Bonchev–Trinajstić information content (AvgIpc) is 2.99. The molecular formula is C13H20ClNO3S. The number of nitrogens with zero attached hydrogens (tertiary/aromatic N) is 1. The van der Waals surface area contributed by atoms with Crippen molar-refractivity contribution in [2.24, 2.45) is 0 Å². The van der Waals surface area contributed by atoms with Gasteiger partial charge in [0.25, 0.3) is 0 Å². The molecule has 1 aromatic rings. The zero-order chi connectivity index (χ0) is 14.0. The molecule has 2 rings (SSSR count). The molecule has 6 heteroatoms. The van der Waals surface area contributed by atoms with E-state index in [0.29, 0.717) is 18.1 Å². The van der Waals surface area contributed by atoms with Crippen molar-refractivity contribution in [2.75, 3.05) is 6.54 Å². The monoisotopic (exact) mass is 305 g/mol. The highest BCUT2D eigenvalue weighted by Crippen LogP contribution is 2.31. The third-order valence-electron chi connectivity index (χ3n) is 3.69. The SMILES string of the molecule is CCN(C1CCCC1)S(=O)(=O)c1cc(CCl)oc1C. The molecule has 19 heavy (non-hydrogen) atoms. The van der Waals surface area contributed by atoms with Gasteiger partial charge in [0.1, 0.15) is 16.4 Å². The van der Waals surface area contributed by atoms with Crippen molar-refractivity contribution in [3.05, 3.63) is 17.6 Å². The van der Waals surface area contributed by atoms with Crippen molar-refractivity contribution >= 4 is 21.6 Å². The fourth-order valence-electron chi connectivity index (χ4n) is 2.79. The Hall–Kier alpha value is -0.520. The fourth-order valence-corrected chi connectivity index (χ4v) is 4.80. The van der Waals surface area contributed by atoms with E-state index in [2.05, 4.69) is 0 Å². The predicted octanol–water partition coefficient (Wildman–Crippen LogP) is 3.28. The van der Waals surface area contributed by atoms with Gasteiger partial charge in [-0.1, -0.05) is 19.8 Å². The fraction of sp³-hybridized carbons (Fsp3) is 0.692. The van der Waals surface area contributed by atoms with E-state index in [1.807, 2.05) is 6.92 Å². The van der Waals surface area contributed by atoms with Gasteiger partial charge in [0.05, 0.1) is 5.88 Å². The number of hydrogen-bond acceptors (Lipinski definition) is 3. The number of aryl methyl sites for hydroxylation is 1. The van der Waals surface area contributed by atoms with E-state index < -0.39 is 10.0 Å². The molecule has 0 spiro atoms. The van der Waals surface area contributed by atoms with Crippen molar-refractivity contribution in [3.63, 3.8) is 0 Å². The first-order chi connectivity index (χ1) is 9.00. The normalized spacial score (nSPS) is 17.5. The summed E-state index contributed by atoms with van der Waals surface area (Å²) in [4.78, 5) is 0.261. The first-order valence-corrected chi connectivity index (χ1v) is 8.65. The predicted molar refractivity (Wildman–Crippen MR) is 74.8 cm³/mol. The zero-order valence-electron chi connectivity index (χ0n) is 11.4. The molecule has 0 bridgehead atoms. The molecule has 0 N–H and O–H groups in total. The maximum Gasteiger partial charge on any atom is 0.246 e. The van der Waals surface area contributed by atoms with Crippen LogP contribution in [0.5, 0.6) is 0 Å². The minimum Gasteiger partial charge on any atom is -0.464 e. The summed E-state index contributed by atoms with van der Waals surface area (Å²) in [6.45, 7) is 4.05. The molecule has 0 aliphatic heterocycles. The number of furan rings is 1. The van der Waals surface area contributed by atoms with E-state index in [1.54, 1.807) is 17.3 Å². The Kier molecular flexibility index (Phi) is 4.58. The summed E-state index contributed by atoms with van der Waals surface area (Å²) in [6.07, 6.45) is 4.11. The Morgan fingerprint density at radius 3 is 2.53 bits per heavy atom. The first kappa shape index (κ1) is 14.9. The summed E-state index contributed by atoms with van der Waals surface area (Å²) in [6, 6.07) is 1.68. The molecule has 0 radical (unpaired) electrons. The standard InChI is InChI=1S/C13H20ClNO3S/c1-3-15(11-6-4-5-7-11)19(16,17)13-8-12(9-14)18-10(13)2/h8,11H,3-7,9H2,1-2H3. The van der Waals surface area contributed by atoms with Crippen molar-refractivity contribution in [2.45, 2.75) is 56.3 Å². The van der Waals surface area contributed by atoms with Crippen molar-refractivity contribution < 1.29 is 12.8 Å². The second-order valence-corrected chi connectivity index (χ2v) is 7.04. The lowest BCUT2D eigenvalue weighted by atomic mass is 10.2. The lowest BCUT2D eigenvalue weighted by molar-refractivity contribution is 0.334. The number of alkyl halides is 1. The van der Waals surface area contributed by atoms with E-state index in [1.165, 1.54) is 0 Å². The van der Waals surface area contributed by atoms with Gasteiger partial charge >= 0.3 is 0 Å². The second kappa shape index (κ2) is 5.85. The highest BCUT2D eigenvalue weighted by molar-refractivity contribution is 7.89. The minimum absolute atomic E-state index is 0.128. The van der Waals surface area contributed by atoms with Gasteiger partial charge in [0, 0.05) is 18.7 Å². The van der Waals surface area contributed by atoms with Gasteiger partial charge in [-0.05, 0) is 19.8 Å². The van der Waals surface area contributed by atoms with Gasteiger partial charge in [0.2, 0.25) is 10.0 Å². The van der Waals surface area contributed by atoms with Crippen LogP contribution in [0.3, 0.4) is 0 Å². The first-order valence-electron chi connectivity index (χ1n) is 6.67. The molecule has 0 amide bonds. The number of hydrogen-bond donors (Lipinski definition) is 0. The van der Waals surface area contributed by atoms with Crippen molar-refractivity contribution in [3.8, 4) is 0 Å². The molecule has 1 heterocycles. The highest BCUT2D eigenvalue weighted by Gasteiger charge is 2.34. The average molecular weight is 306 g/mol. The van der Waals surface area contributed by atoms with Crippen LogP contribution >= 0.6 is 11.6 Å². The molecule has 0 atom stereocenters. The molecule has 1 aromatic heterocycles. The summed E-state index contributed by atoms with van der Waals surface area (Å²) in [5.74, 6) is 1.11. The molecule has 1 saturated carbocycles. The van der Waals surface area contributed by atoms with Crippen LogP contribution in [0.15, 0.2) is 15.4 Å². The molecular weight excluding hydrogens is 286 g/mol. The van der Waals surface area contributed by atoms with E-state index >= 15 is 0 Å². The van der Waals surface area contributed by atoms with Crippen LogP contribution in [-0.4, -0.2) is 25.3 Å². The molecule has 108 valence electrons. The molecule has 1 aliphatic carbocycles. The Morgan fingerprint density at radius 2 is 2.05 bits per heavy atom. The van der Waals surface area contributed by atoms with Crippen LogP contribution in [0.2, 0.25) is 0 Å². The summed E-state index contributed by atoms with van der Waals surface area (Å²) in [5, 5.41) is 0. The van der Waals surface area contributed by atoms with Crippen molar-refractivity contribution in [1.82, 2.24) is 4.31 Å². The van der Waals surface area contributed by atoms with Gasteiger partial charge in [-0.2, -0.15) is 4.31 Å². The zero-order valence-corrected chi connectivity index (χ0v) is 12.9. The van der Waals surface area contributed by atoms with Gasteiger partial charge in [-0.15, -0.1) is 11.6 Å². The highest BCUT2D eigenvalue weighted by atomic mass is 35.5. The Bertz CT molecular complexity index is 532. The third-order valence-corrected chi connectivity index (χ3v) is 6.08. The molecule has 0 saturated heterocycles. The van der Waals surface area contributed by atoms with Crippen LogP contribution in [0.1, 0.15) is 44.1 Å². The number of rotatable bonds is 5. The van der Waals surface area contributed by atoms with Gasteiger partial charge in [0.15, 0.2) is 0 Å². The Labute approximate surface area is 119 Å². The van der Waals surface area contributed by atoms with Gasteiger partial charge in [-0.25, -0.2) is 8.42 Å². The summed E-state index contributed by atoms with van der Waals surface area (Å²) >= 11 is 5.70. The molecule has 0 unspecified atom stereocenters. The largest absolute Gasteiger partial charge is 0.464 e. The summed E-state index contributed by atoms with van der Waals surface area (Å²) in [5.41, 5.74) is 0. The van der Waals surface area contributed by atoms with Crippen LogP contribution in [0, 0.1) is 6.92 Å². The van der Waals surface area contributed by atoms with E-state index in [9.17, 15) is 8.42 Å². The van der Waals surface area contributed by atoms with Crippen molar-refractivity contribution in [1.29, 1.82) is 0 Å². The smallest absolute Gasteiger partial charge is 0.246 e. The number of sulfonamides is 1. The van der Waals surface area contributed by atoms with Crippen LogP contribution in [0.25, 0.3) is 0 Å². The molecule has 4 nitrogen and oxygen atoms in total. The second-order valence-electron chi connectivity index (χ2n) is 4.91. The van der Waals surface area contributed by atoms with Gasteiger partial charge in [-0.3, -0.25) is 0 Å². The lowest BCUT2D eigenvalue weighted by Gasteiger charge is -2.26. The summed E-state index contributed by atoms with van der Waals surface area (Å²) in [7, 11) is -3.47.